The third kappa shape index (κ3) is 7.46. The van der Waals surface area contributed by atoms with Crippen molar-refractivity contribution in [3.8, 4) is 0 Å². The Kier molecular flexibility index (Phi) is 6.40. The molecule has 0 aromatic heterocycles. The molecule has 1 atom stereocenters. The lowest BCUT2D eigenvalue weighted by molar-refractivity contribution is -0.127. The predicted molar refractivity (Wildman–Crippen MR) is 80.2 cm³/mol. The maximum Gasteiger partial charge on any atom is 0.152 e. The fraction of sp³-hybridized carbons (Fsp3) is 0.875. The van der Waals surface area contributed by atoms with E-state index in [0.29, 0.717) is 12.8 Å². The van der Waals surface area contributed by atoms with E-state index in [0.717, 1.165) is 0 Å². The first-order chi connectivity index (χ1) is 8.34. The second-order valence-corrected chi connectivity index (χ2v) is 7.72. The van der Waals surface area contributed by atoms with Crippen molar-refractivity contribution >= 4 is 11.6 Å². The Bertz CT molecular complexity index is 319. The number of Topliss-reactive ketones (excluding diaryl/α,β-unsaturated/α-hetero) is 2. The van der Waals surface area contributed by atoms with Crippen LogP contribution in [-0.4, -0.2) is 23.1 Å². The molecule has 0 aliphatic heterocycles. The second kappa shape index (κ2) is 6.65. The molecule has 0 saturated carbocycles. The number of nitrogens with one attached hydrogen (secondary N) is 1. The van der Waals surface area contributed by atoms with Crippen LogP contribution in [0.4, 0.5) is 0 Å². The van der Waals surface area contributed by atoms with E-state index in [1.54, 1.807) is 0 Å². The highest BCUT2D eigenvalue weighted by atomic mass is 16.1. The van der Waals surface area contributed by atoms with Crippen LogP contribution in [0.5, 0.6) is 0 Å². The van der Waals surface area contributed by atoms with Crippen molar-refractivity contribution in [3.05, 3.63) is 0 Å². The molecule has 0 aromatic rings. The summed E-state index contributed by atoms with van der Waals surface area (Å²) in [5, 5.41) is 3.34. The molecule has 0 aliphatic carbocycles. The minimum absolute atomic E-state index is 0.00964. The highest BCUT2D eigenvalue weighted by Gasteiger charge is 2.28. The van der Waals surface area contributed by atoms with E-state index in [1.807, 2.05) is 55.4 Å². The largest absolute Gasteiger partial charge is 0.303 e. The van der Waals surface area contributed by atoms with Crippen molar-refractivity contribution in [3.63, 3.8) is 0 Å². The Morgan fingerprint density at radius 1 is 1.00 bits per heavy atom. The zero-order chi connectivity index (χ0) is 15.4. The fourth-order valence-corrected chi connectivity index (χ4v) is 1.86. The van der Waals surface area contributed by atoms with Gasteiger partial charge in [0.2, 0.25) is 0 Å². The van der Waals surface area contributed by atoms with Gasteiger partial charge in [0.25, 0.3) is 0 Å². The van der Waals surface area contributed by atoms with Gasteiger partial charge in [0.1, 0.15) is 5.78 Å². The Morgan fingerprint density at radius 2 is 1.47 bits per heavy atom. The topological polar surface area (TPSA) is 46.2 Å². The monoisotopic (exact) mass is 269 g/mol. The van der Waals surface area contributed by atoms with Crippen molar-refractivity contribution in [2.24, 2.45) is 11.3 Å². The van der Waals surface area contributed by atoms with Crippen LogP contribution in [0.25, 0.3) is 0 Å². The molecule has 0 bridgehead atoms. The second-order valence-electron chi connectivity index (χ2n) is 7.72. The summed E-state index contributed by atoms with van der Waals surface area (Å²) < 4.78 is 0. The van der Waals surface area contributed by atoms with Crippen LogP contribution in [0.1, 0.15) is 68.2 Å². The third-order valence-corrected chi connectivity index (χ3v) is 3.02. The van der Waals surface area contributed by atoms with Crippen LogP contribution >= 0.6 is 0 Å². The molecule has 19 heavy (non-hydrogen) atoms. The Balaban J connectivity index is 4.70. The van der Waals surface area contributed by atoms with Gasteiger partial charge in [-0.2, -0.15) is 0 Å². The van der Waals surface area contributed by atoms with Crippen molar-refractivity contribution < 1.29 is 9.59 Å². The molecule has 1 N–H and O–H groups in total. The summed E-state index contributed by atoms with van der Waals surface area (Å²) in [6.07, 6.45) is 1.04. The first-order valence-corrected chi connectivity index (χ1v) is 7.19. The van der Waals surface area contributed by atoms with E-state index in [4.69, 9.17) is 0 Å². The zero-order valence-electron chi connectivity index (χ0n) is 13.9. The van der Waals surface area contributed by atoms with Crippen molar-refractivity contribution in [2.45, 2.75) is 79.8 Å². The van der Waals surface area contributed by atoms with E-state index >= 15 is 0 Å². The SMILES string of the molecule is CC(C)C(=O)C(CCC(=O)C(C)(C)C)NC(C)(C)C. The van der Waals surface area contributed by atoms with Gasteiger partial charge < -0.3 is 5.32 Å². The van der Waals surface area contributed by atoms with Gasteiger partial charge in [0, 0.05) is 23.3 Å². The summed E-state index contributed by atoms with van der Waals surface area (Å²) in [4.78, 5) is 24.2. The summed E-state index contributed by atoms with van der Waals surface area (Å²) in [7, 11) is 0. The molecule has 3 heteroatoms. The van der Waals surface area contributed by atoms with Crippen LogP contribution in [0.3, 0.4) is 0 Å². The number of hydrogen-bond acceptors (Lipinski definition) is 3. The number of hydrogen-bond donors (Lipinski definition) is 1. The van der Waals surface area contributed by atoms with Gasteiger partial charge in [0.05, 0.1) is 6.04 Å². The zero-order valence-corrected chi connectivity index (χ0v) is 13.9. The van der Waals surface area contributed by atoms with Crippen LogP contribution in [-0.2, 0) is 9.59 Å². The molecule has 0 aliphatic rings. The van der Waals surface area contributed by atoms with Crippen LogP contribution in [0.15, 0.2) is 0 Å². The summed E-state index contributed by atoms with van der Waals surface area (Å²) in [5.74, 6) is 0.394. The first kappa shape index (κ1) is 18.3. The number of ketones is 2. The summed E-state index contributed by atoms with van der Waals surface area (Å²) in [6.45, 7) is 15.7. The normalized spacial score (nSPS) is 14.6. The van der Waals surface area contributed by atoms with Gasteiger partial charge in [-0.15, -0.1) is 0 Å². The molecule has 0 aromatic carbocycles. The van der Waals surface area contributed by atoms with E-state index < -0.39 is 0 Å². The highest BCUT2D eigenvalue weighted by molar-refractivity contribution is 5.88. The van der Waals surface area contributed by atoms with Crippen LogP contribution in [0, 0.1) is 11.3 Å². The summed E-state index contributed by atoms with van der Waals surface area (Å²) in [5.41, 5.74) is -0.451. The molecule has 0 rings (SSSR count). The van der Waals surface area contributed by atoms with Gasteiger partial charge in [-0.25, -0.2) is 0 Å². The summed E-state index contributed by atoms with van der Waals surface area (Å²) in [6, 6.07) is -0.230. The molecular weight excluding hydrogens is 238 g/mol. The van der Waals surface area contributed by atoms with Gasteiger partial charge in [-0.3, -0.25) is 9.59 Å². The van der Waals surface area contributed by atoms with Crippen LogP contribution in [0.2, 0.25) is 0 Å². The van der Waals surface area contributed by atoms with Crippen molar-refractivity contribution in [2.75, 3.05) is 0 Å². The quantitative estimate of drug-likeness (QED) is 0.804. The lowest BCUT2D eigenvalue weighted by atomic mass is 9.86. The number of carbonyl (C=O) groups is 2. The number of carbonyl (C=O) groups excluding carboxylic acids is 2. The molecule has 112 valence electrons. The maximum absolute atomic E-state index is 12.2. The van der Waals surface area contributed by atoms with E-state index in [-0.39, 0.29) is 34.5 Å². The van der Waals surface area contributed by atoms with Crippen molar-refractivity contribution in [1.29, 1.82) is 0 Å². The Morgan fingerprint density at radius 3 is 1.79 bits per heavy atom. The molecule has 3 nitrogen and oxygen atoms in total. The van der Waals surface area contributed by atoms with Gasteiger partial charge >= 0.3 is 0 Å². The fourth-order valence-electron chi connectivity index (χ4n) is 1.86. The molecule has 0 spiro atoms. The standard InChI is InChI=1S/C16H31NO2/c1-11(2)14(19)12(17-16(6,7)8)9-10-13(18)15(3,4)5/h11-12,17H,9-10H2,1-8H3. The molecule has 0 heterocycles. The van der Waals surface area contributed by atoms with E-state index in [2.05, 4.69) is 5.32 Å². The Labute approximate surface area is 118 Å². The van der Waals surface area contributed by atoms with Gasteiger partial charge in [-0.05, 0) is 27.2 Å². The minimum Gasteiger partial charge on any atom is -0.303 e. The van der Waals surface area contributed by atoms with Gasteiger partial charge in [-0.1, -0.05) is 34.6 Å². The van der Waals surface area contributed by atoms with Crippen LogP contribution < -0.4 is 5.32 Å². The van der Waals surface area contributed by atoms with Crippen molar-refractivity contribution in [1.82, 2.24) is 5.32 Å². The molecule has 0 saturated heterocycles. The lowest BCUT2D eigenvalue weighted by Gasteiger charge is -2.29. The average molecular weight is 269 g/mol. The maximum atomic E-state index is 12.2. The molecule has 0 fully saturated rings. The lowest BCUT2D eigenvalue weighted by Crippen LogP contribution is -2.49. The molecular formula is C16H31NO2. The minimum atomic E-state index is -0.326. The first-order valence-electron chi connectivity index (χ1n) is 7.19. The third-order valence-electron chi connectivity index (χ3n) is 3.02. The number of rotatable bonds is 6. The summed E-state index contributed by atoms with van der Waals surface area (Å²) >= 11 is 0. The van der Waals surface area contributed by atoms with E-state index in [1.165, 1.54) is 0 Å². The Hall–Kier alpha value is -0.700. The van der Waals surface area contributed by atoms with E-state index in [9.17, 15) is 9.59 Å². The predicted octanol–water partition coefficient (Wildman–Crippen LogP) is 3.36. The molecule has 0 radical (unpaired) electrons. The smallest absolute Gasteiger partial charge is 0.152 e. The molecule has 1 unspecified atom stereocenters. The molecule has 0 amide bonds. The van der Waals surface area contributed by atoms with Gasteiger partial charge in [0.15, 0.2) is 5.78 Å². The highest BCUT2D eigenvalue weighted by Crippen LogP contribution is 2.20. The average Bonchev–Trinajstić information content (AvgIpc) is 2.19.